The van der Waals surface area contributed by atoms with Crippen LogP contribution in [0.5, 0.6) is 0 Å². The number of alkyl halides is 3. The second-order valence-electron chi connectivity index (χ2n) is 5.94. The maximum atomic E-state index is 13.6. The highest BCUT2D eigenvalue weighted by molar-refractivity contribution is 5.91. The number of amides is 1. The summed E-state index contributed by atoms with van der Waals surface area (Å²) in [5, 5.41) is 13.1. The summed E-state index contributed by atoms with van der Waals surface area (Å²) in [5.41, 5.74) is -0.374. The molecule has 0 aliphatic rings. The summed E-state index contributed by atoms with van der Waals surface area (Å²) in [6.45, 7) is -1.05. The van der Waals surface area contributed by atoms with Gasteiger partial charge in [-0.05, 0) is 17.7 Å². The van der Waals surface area contributed by atoms with Crippen LogP contribution in [0, 0.1) is 21.8 Å². The molecule has 0 fully saturated rings. The Labute approximate surface area is 152 Å². The average molecular weight is 384 g/mol. The number of rotatable bonds is 7. The second-order valence-corrected chi connectivity index (χ2v) is 5.94. The molecule has 2 aromatic carbocycles. The Morgan fingerprint density at radius 3 is 2.22 bits per heavy atom. The minimum Gasteiger partial charge on any atom is -0.324 e. The Hall–Kier alpha value is -2.97. The molecule has 0 aromatic heterocycles. The smallest absolute Gasteiger partial charge is 0.324 e. The van der Waals surface area contributed by atoms with E-state index >= 15 is 0 Å². The molecule has 144 valence electrons. The predicted molar refractivity (Wildman–Crippen MR) is 90.2 cm³/mol. The molecule has 2 unspecified atom stereocenters. The molecule has 9 heteroatoms. The summed E-state index contributed by atoms with van der Waals surface area (Å²) in [5.74, 6) is -5.53. The molecule has 0 heterocycles. The fraction of sp³-hybridized carbons (Fsp3) is 0.278. The lowest BCUT2D eigenvalue weighted by Crippen LogP contribution is -2.35. The number of nitrogens with one attached hydrogen (secondary N) is 1. The van der Waals surface area contributed by atoms with Gasteiger partial charge in [0.05, 0.1) is 11.6 Å². The van der Waals surface area contributed by atoms with Gasteiger partial charge in [-0.2, -0.15) is 13.2 Å². The normalized spacial score (nSPS) is 13.6. The van der Waals surface area contributed by atoms with E-state index in [-0.39, 0.29) is 11.3 Å². The molecule has 0 aliphatic heterocycles. The number of anilines is 1. The van der Waals surface area contributed by atoms with E-state index < -0.39 is 47.6 Å². The van der Waals surface area contributed by atoms with Crippen LogP contribution in [0.3, 0.4) is 0 Å². The van der Waals surface area contributed by atoms with Crippen LogP contribution in [0.4, 0.5) is 23.2 Å². The van der Waals surface area contributed by atoms with Crippen LogP contribution in [0.25, 0.3) is 0 Å². The zero-order valence-electron chi connectivity index (χ0n) is 13.9. The molecule has 0 radical (unpaired) electrons. The van der Waals surface area contributed by atoms with E-state index in [1.54, 1.807) is 0 Å². The third-order valence-corrected chi connectivity index (χ3v) is 3.96. The largest absolute Gasteiger partial charge is 0.396 e. The molecule has 27 heavy (non-hydrogen) atoms. The summed E-state index contributed by atoms with van der Waals surface area (Å²) in [4.78, 5) is 22.2. The van der Waals surface area contributed by atoms with E-state index in [0.717, 1.165) is 6.07 Å². The number of hydrogen-bond acceptors (Lipinski definition) is 3. The first-order valence-electron chi connectivity index (χ1n) is 7.96. The van der Waals surface area contributed by atoms with Crippen molar-refractivity contribution in [2.45, 2.75) is 18.5 Å². The number of carbonyl (C=O) groups is 1. The van der Waals surface area contributed by atoms with Gasteiger partial charge in [0.15, 0.2) is 0 Å². The maximum absolute atomic E-state index is 13.6. The predicted octanol–water partition coefficient (Wildman–Crippen LogP) is 4.39. The lowest BCUT2D eigenvalue weighted by atomic mass is 9.83. The summed E-state index contributed by atoms with van der Waals surface area (Å²) in [6.07, 6.45) is -5.57. The van der Waals surface area contributed by atoms with Gasteiger partial charge in [-0.15, -0.1) is 0 Å². The number of carbonyl (C=O) groups excluding carboxylic acids is 1. The van der Waals surface area contributed by atoms with Gasteiger partial charge in [0.1, 0.15) is 5.82 Å². The van der Waals surface area contributed by atoms with Crippen molar-refractivity contribution in [1.82, 2.24) is 0 Å². The fourth-order valence-electron chi connectivity index (χ4n) is 2.87. The summed E-state index contributed by atoms with van der Waals surface area (Å²) in [6, 6.07) is 11.9. The molecule has 0 saturated carbocycles. The molecule has 2 rings (SSSR count). The molecule has 0 saturated heterocycles. The Bertz CT molecular complexity index is 797. The Morgan fingerprint density at radius 1 is 1.07 bits per heavy atom. The van der Waals surface area contributed by atoms with Crippen molar-refractivity contribution >= 4 is 11.6 Å². The number of nitrogens with zero attached hydrogens (tertiary/aromatic N) is 1. The first-order valence-corrected chi connectivity index (χ1v) is 7.96. The van der Waals surface area contributed by atoms with Crippen molar-refractivity contribution in [1.29, 1.82) is 0 Å². The lowest BCUT2D eigenvalue weighted by Gasteiger charge is -2.26. The highest BCUT2D eigenvalue weighted by Crippen LogP contribution is 2.42. The monoisotopic (exact) mass is 384 g/mol. The standard InChI is InChI=1S/C18H16F4N2O3/c19-14-8-4-5-9-15(14)23-16(25)10-13(11-24(26)27)17(18(20,21)22)12-6-2-1-3-7-12/h1-9,13,17H,10-11H2,(H,23,25). The minimum absolute atomic E-state index is 0.171. The molecule has 1 amide bonds. The third-order valence-electron chi connectivity index (χ3n) is 3.96. The van der Waals surface area contributed by atoms with Gasteiger partial charge in [0.25, 0.3) is 0 Å². The molecule has 5 nitrogen and oxygen atoms in total. The highest BCUT2D eigenvalue weighted by Gasteiger charge is 2.48. The van der Waals surface area contributed by atoms with Crippen molar-refractivity contribution in [2.24, 2.45) is 5.92 Å². The molecule has 0 aliphatic carbocycles. The van der Waals surface area contributed by atoms with E-state index in [9.17, 15) is 32.5 Å². The molecule has 2 aromatic rings. The Morgan fingerprint density at radius 2 is 1.67 bits per heavy atom. The quantitative estimate of drug-likeness (QED) is 0.437. The molecule has 0 bridgehead atoms. The highest BCUT2D eigenvalue weighted by atomic mass is 19.4. The number of benzene rings is 2. The van der Waals surface area contributed by atoms with Gasteiger partial charge in [0, 0.05) is 17.3 Å². The lowest BCUT2D eigenvalue weighted by molar-refractivity contribution is -0.490. The Kier molecular flexibility index (Phi) is 6.49. The van der Waals surface area contributed by atoms with E-state index in [0.29, 0.717) is 0 Å². The van der Waals surface area contributed by atoms with Gasteiger partial charge < -0.3 is 5.32 Å². The van der Waals surface area contributed by atoms with Crippen LogP contribution in [0.2, 0.25) is 0 Å². The van der Waals surface area contributed by atoms with Crippen LogP contribution in [0.15, 0.2) is 54.6 Å². The van der Waals surface area contributed by atoms with Crippen LogP contribution in [-0.2, 0) is 4.79 Å². The third kappa shape index (κ3) is 5.77. The topological polar surface area (TPSA) is 72.2 Å². The summed E-state index contributed by atoms with van der Waals surface area (Å²) < 4.78 is 54.5. The molecule has 1 N–H and O–H groups in total. The first-order chi connectivity index (χ1) is 12.7. The van der Waals surface area contributed by atoms with E-state index in [1.165, 1.54) is 48.5 Å². The van der Waals surface area contributed by atoms with Crippen LogP contribution in [0.1, 0.15) is 17.9 Å². The van der Waals surface area contributed by atoms with E-state index in [4.69, 9.17) is 0 Å². The van der Waals surface area contributed by atoms with Crippen LogP contribution >= 0.6 is 0 Å². The molecule has 0 spiro atoms. The molecule has 2 atom stereocenters. The van der Waals surface area contributed by atoms with E-state index in [2.05, 4.69) is 5.32 Å². The van der Waals surface area contributed by atoms with Crippen LogP contribution < -0.4 is 5.32 Å². The zero-order chi connectivity index (χ0) is 20.0. The van der Waals surface area contributed by atoms with Gasteiger partial charge in [-0.1, -0.05) is 42.5 Å². The van der Waals surface area contributed by atoms with Crippen molar-refractivity contribution in [3.63, 3.8) is 0 Å². The first kappa shape index (κ1) is 20.3. The molecular formula is C18H16F4N2O3. The van der Waals surface area contributed by atoms with Crippen LogP contribution in [-0.4, -0.2) is 23.6 Å². The van der Waals surface area contributed by atoms with E-state index in [1.807, 2.05) is 0 Å². The van der Waals surface area contributed by atoms with Crippen molar-refractivity contribution in [3.8, 4) is 0 Å². The van der Waals surface area contributed by atoms with Gasteiger partial charge in [0.2, 0.25) is 12.5 Å². The average Bonchev–Trinajstić information content (AvgIpc) is 2.56. The van der Waals surface area contributed by atoms with Gasteiger partial charge in [-0.3, -0.25) is 14.9 Å². The summed E-state index contributed by atoms with van der Waals surface area (Å²) >= 11 is 0. The second kappa shape index (κ2) is 8.61. The zero-order valence-corrected chi connectivity index (χ0v) is 13.9. The number of halogens is 4. The van der Waals surface area contributed by atoms with Gasteiger partial charge >= 0.3 is 6.18 Å². The summed E-state index contributed by atoms with van der Waals surface area (Å²) in [7, 11) is 0. The van der Waals surface area contributed by atoms with Crippen molar-refractivity contribution < 1.29 is 27.3 Å². The van der Waals surface area contributed by atoms with Crippen molar-refractivity contribution in [2.75, 3.05) is 11.9 Å². The number of hydrogen-bond donors (Lipinski definition) is 1. The van der Waals surface area contributed by atoms with Gasteiger partial charge in [-0.25, -0.2) is 4.39 Å². The number of para-hydroxylation sites is 1. The minimum atomic E-state index is -4.79. The number of nitro groups is 1. The fourth-order valence-corrected chi connectivity index (χ4v) is 2.87. The molecular weight excluding hydrogens is 368 g/mol. The SMILES string of the molecule is O=C(CC(C[N+](=O)[O-])C(c1ccccc1)C(F)(F)F)Nc1ccccc1F. The Balaban J connectivity index is 2.28. The van der Waals surface area contributed by atoms with Crippen molar-refractivity contribution in [3.05, 3.63) is 76.1 Å². The maximum Gasteiger partial charge on any atom is 0.396 e.